The molecule has 0 bridgehead atoms. The summed E-state index contributed by atoms with van der Waals surface area (Å²) in [6.07, 6.45) is -0.187. The predicted molar refractivity (Wildman–Crippen MR) is 69.1 cm³/mol. The van der Waals surface area contributed by atoms with Crippen molar-refractivity contribution in [3.05, 3.63) is 0 Å². The first-order chi connectivity index (χ1) is 7.70. The molecule has 1 aliphatic rings. The van der Waals surface area contributed by atoms with Crippen LogP contribution in [0.25, 0.3) is 0 Å². The molecule has 0 spiro atoms. The molecule has 0 saturated carbocycles. The number of nitrogens with zero attached hydrogens (tertiary/aromatic N) is 2. The van der Waals surface area contributed by atoms with E-state index in [1.807, 2.05) is 25.7 Å². The van der Waals surface area contributed by atoms with E-state index in [-0.39, 0.29) is 6.09 Å². The smallest absolute Gasteiger partial charge is 0.410 e. The van der Waals surface area contributed by atoms with E-state index in [9.17, 15) is 4.79 Å². The number of carbonyl (C=O) groups excluding carboxylic acids is 1. The second-order valence-corrected chi connectivity index (χ2v) is 6.11. The third-order valence-corrected chi connectivity index (χ3v) is 2.99. The van der Waals surface area contributed by atoms with E-state index < -0.39 is 5.60 Å². The summed E-state index contributed by atoms with van der Waals surface area (Å²) in [6.45, 7) is 14.7. The summed E-state index contributed by atoms with van der Waals surface area (Å²) < 4.78 is 5.39. The number of rotatable bonds is 1. The Bertz CT molecular complexity index is 271. The second kappa shape index (κ2) is 5.25. The highest BCUT2D eigenvalue weighted by atomic mass is 16.6. The zero-order valence-electron chi connectivity index (χ0n) is 12.0. The molecule has 1 amide bonds. The lowest BCUT2D eigenvalue weighted by molar-refractivity contribution is 0.000847. The molecule has 100 valence electrons. The summed E-state index contributed by atoms with van der Waals surface area (Å²) in [5.41, 5.74) is -0.407. The van der Waals surface area contributed by atoms with Crippen LogP contribution in [0.5, 0.6) is 0 Å². The first-order valence-corrected chi connectivity index (χ1v) is 6.44. The zero-order chi connectivity index (χ0) is 13.2. The van der Waals surface area contributed by atoms with Crippen LogP contribution in [-0.2, 0) is 4.74 Å². The SMILES string of the molecule is CC(C)N1CCN(C(=O)OC(C)(C)C)C[C@@H]1C. The molecule has 1 atom stereocenters. The van der Waals surface area contributed by atoms with E-state index in [0.29, 0.717) is 12.1 Å². The molecule has 1 fully saturated rings. The first kappa shape index (κ1) is 14.3. The van der Waals surface area contributed by atoms with Crippen molar-refractivity contribution in [2.24, 2.45) is 0 Å². The van der Waals surface area contributed by atoms with E-state index in [1.165, 1.54) is 0 Å². The molecule has 1 aliphatic heterocycles. The monoisotopic (exact) mass is 242 g/mol. The van der Waals surface area contributed by atoms with Gasteiger partial charge in [-0.15, -0.1) is 0 Å². The van der Waals surface area contributed by atoms with Crippen LogP contribution in [0.15, 0.2) is 0 Å². The van der Waals surface area contributed by atoms with Gasteiger partial charge in [0.1, 0.15) is 5.60 Å². The zero-order valence-corrected chi connectivity index (χ0v) is 12.0. The van der Waals surface area contributed by atoms with Crippen molar-refractivity contribution >= 4 is 6.09 Å². The van der Waals surface area contributed by atoms with Crippen LogP contribution >= 0.6 is 0 Å². The number of amides is 1. The summed E-state index contributed by atoms with van der Waals surface area (Å²) in [5.74, 6) is 0. The predicted octanol–water partition coefficient (Wildman–Crippen LogP) is 2.34. The minimum Gasteiger partial charge on any atom is -0.444 e. The number of ether oxygens (including phenoxy) is 1. The Labute approximate surface area is 105 Å². The Kier molecular flexibility index (Phi) is 4.42. The maximum absolute atomic E-state index is 11.9. The standard InChI is InChI=1S/C13H26N2O2/c1-10(2)15-8-7-14(9-11(15)3)12(16)17-13(4,5)6/h10-11H,7-9H2,1-6H3/t11-/m0/s1. The fraction of sp³-hybridized carbons (Fsp3) is 0.923. The number of piperazine rings is 1. The van der Waals surface area contributed by atoms with Gasteiger partial charge in [0.2, 0.25) is 0 Å². The molecular formula is C13H26N2O2. The molecule has 4 heteroatoms. The molecule has 1 rings (SSSR count). The maximum Gasteiger partial charge on any atom is 0.410 e. The van der Waals surface area contributed by atoms with Crippen molar-refractivity contribution in [3.63, 3.8) is 0 Å². The van der Waals surface area contributed by atoms with Crippen molar-refractivity contribution in [1.29, 1.82) is 0 Å². The van der Waals surface area contributed by atoms with Crippen molar-refractivity contribution in [2.45, 2.75) is 59.2 Å². The molecular weight excluding hydrogens is 216 g/mol. The van der Waals surface area contributed by atoms with Crippen molar-refractivity contribution in [3.8, 4) is 0 Å². The van der Waals surface area contributed by atoms with E-state index >= 15 is 0 Å². The highest BCUT2D eigenvalue weighted by Gasteiger charge is 2.30. The highest BCUT2D eigenvalue weighted by Crippen LogP contribution is 2.16. The Morgan fingerprint density at radius 2 is 1.88 bits per heavy atom. The van der Waals surface area contributed by atoms with Gasteiger partial charge >= 0.3 is 6.09 Å². The molecule has 0 aromatic rings. The molecule has 1 heterocycles. The quantitative estimate of drug-likeness (QED) is 0.707. The summed E-state index contributed by atoms with van der Waals surface area (Å²) in [6, 6.07) is 0.932. The molecule has 0 radical (unpaired) electrons. The number of carbonyl (C=O) groups is 1. The molecule has 1 saturated heterocycles. The van der Waals surface area contributed by atoms with Gasteiger partial charge in [0.25, 0.3) is 0 Å². The fourth-order valence-corrected chi connectivity index (χ4v) is 2.23. The average Bonchev–Trinajstić information content (AvgIpc) is 2.14. The minimum absolute atomic E-state index is 0.187. The van der Waals surface area contributed by atoms with E-state index in [0.717, 1.165) is 19.6 Å². The van der Waals surface area contributed by atoms with Crippen LogP contribution in [0.3, 0.4) is 0 Å². The fourth-order valence-electron chi connectivity index (χ4n) is 2.23. The van der Waals surface area contributed by atoms with Crippen LogP contribution in [0.1, 0.15) is 41.5 Å². The van der Waals surface area contributed by atoms with Gasteiger partial charge in [-0.05, 0) is 41.5 Å². The topological polar surface area (TPSA) is 32.8 Å². The lowest BCUT2D eigenvalue weighted by atomic mass is 10.1. The van der Waals surface area contributed by atoms with Gasteiger partial charge in [0.15, 0.2) is 0 Å². The number of hydrogen-bond acceptors (Lipinski definition) is 3. The summed E-state index contributed by atoms with van der Waals surface area (Å²) in [5, 5.41) is 0. The minimum atomic E-state index is -0.407. The highest BCUT2D eigenvalue weighted by molar-refractivity contribution is 5.68. The van der Waals surface area contributed by atoms with Gasteiger partial charge < -0.3 is 9.64 Å². The van der Waals surface area contributed by atoms with Gasteiger partial charge in [-0.3, -0.25) is 4.90 Å². The second-order valence-electron chi connectivity index (χ2n) is 6.11. The maximum atomic E-state index is 11.9. The Morgan fingerprint density at radius 3 is 2.29 bits per heavy atom. The van der Waals surface area contributed by atoms with Crippen molar-refractivity contribution in [2.75, 3.05) is 19.6 Å². The summed E-state index contributed by atoms with van der Waals surface area (Å²) in [7, 11) is 0. The summed E-state index contributed by atoms with van der Waals surface area (Å²) in [4.78, 5) is 16.2. The van der Waals surface area contributed by atoms with Crippen LogP contribution in [0.2, 0.25) is 0 Å². The largest absolute Gasteiger partial charge is 0.444 e. The molecule has 0 aromatic carbocycles. The van der Waals surface area contributed by atoms with Crippen LogP contribution in [-0.4, -0.2) is 53.2 Å². The third-order valence-electron chi connectivity index (χ3n) is 2.99. The van der Waals surface area contributed by atoms with Gasteiger partial charge in [-0.25, -0.2) is 4.79 Å². The van der Waals surface area contributed by atoms with Gasteiger partial charge in [-0.1, -0.05) is 0 Å². The van der Waals surface area contributed by atoms with Gasteiger partial charge in [0.05, 0.1) is 0 Å². The molecule has 0 aliphatic carbocycles. The number of hydrogen-bond donors (Lipinski definition) is 0. The Balaban J connectivity index is 2.52. The molecule has 0 N–H and O–H groups in total. The molecule has 4 nitrogen and oxygen atoms in total. The van der Waals surface area contributed by atoms with E-state index in [1.54, 1.807) is 0 Å². The average molecular weight is 242 g/mol. The van der Waals surface area contributed by atoms with Crippen molar-refractivity contribution < 1.29 is 9.53 Å². The molecule has 17 heavy (non-hydrogen) atoms. The van der Waals surface area contributed by atoms with Crippen LogP contribution in [0, 0.1) is 0 Å². The van der Waals surface area contributed by atoms with Crippen LogP contribution < -0.4 is 0 Å². The van der Waals surface area contributed by atoms with Crippen molar-refractivity contribution in [1.82, 2.24) is 9.80 Å². The Hall–Kier alpha value is -0.770. The van der Waals surface area contributed by atoms with Gasteiger partial charge in [0, 0.05) is 31.7 Å². The Morgan fingerprint density at radius 1 is 1.29 bits per heavy atom. The lowest BCUT2D eigenvalue weighted by Crippen LogP contribution is -2.56. The van der Waals surface area contributed by atoms with Gasteiger partial charge in [-0.2, -0.15) is 0 Å². The van der Waals surface area contributed by atoms with E-state index in [2.05, 4.69) is 25.7 Å². The third kappa shape index (κ3) is 4.19. The van der Waals surface area contributed by atoms with E-state index in [4.69, 9.17) is 4.74 Å². The molecule has 0 unspecified atom stereocenters. The van der Waals surface area contributed by atoms with Crippen LogP contribution in [0.4, 0.5) is 4.79 Å². The first-order valence-electron chi connectivity index (χ1n) is 6.44. The molecule has 0 aromatic heterocycles. The summed E-state index contributed by atoms with van der Waals surface area (Å²) >= 11 is 0. The normalized spacial score (nSPS) is 23.0. The lowest BCUT2D eigenvalue weighted by Gasteiger charge is -2.42.